The number of benzene rings is 2. The minimum atomic E-state index is -3.81. The van der Waals surface area contributed by atoms with Gasteiger partial charge in [0.1, 0.15) is 24.7 Å². The molecule has 6 heterocycles. The molecule has 394 valence electrons. The zero-order valence-corrected chi connectivity index (χ0v) is 44.3. The predicted octanol–water partition coefficient (Wildman–Crippen LogP) is 5.67. The van der Waals surface area contributed by atoms with Crippen LogP contribution < -0.4 is 15.6 Å². The molecule has 19 heteroatoms. The number of carbonyl (C=O) groups excluding carboxylic acids is 5. The van der Waals surface area contributed by atoms with Crippen molar-refractivity contribution in [1.29, 1.82) is 0 Å². The van der Waals surface area contributed by atoms with E-state index in [1.54, 1.807) is 27.2 Å². The summed E-state index contributed by atoms with van der Waals surface area (Å²) in [6.07, 6.45) is 2.37. The zero-order valence-electron chi connectivity index (χ0n) is 43.5. The molecule has 6 bridgehead atoms. The number of sulfone groups is 1. The molecule has 0 aliphatic carbocycles. The highest BCUT2D eigenvalue weighted by atomic mass is 32.2. The first kappa shape index (κ1) is 53.2. The van der Waals surface area contributed by atoms with Gasteiger partial charge in [0.2, 0.25) is 11.8 Å². The summed E-state index contributed by atoms with van der Waals surface area (Å²) in [7, 11) is -0.607. The van der Waals surface area contributed by atoms with Gasteiger partial charge in [-0.2, -0.15) is 0 Å². The fourth-order valence-corrected chi connectivity index (χ4v) is 12.7. The van der Waals surface area contributed by atoms with Gasteiger partial charge in [0.15, 0.2) is 9.84 Å². The van der Waals surface area contributed by atoms with E-state index in [1.165, 1.54) is 21.9 Å². The molecule has 6 atom stereocenters. The summed E-state index contributed by atoms with van der Waals surface area (Å²) in [5.74, 6) is -3.33. The van der Waals surface area contributed by atoms with Crippen LogP contribution in [-0.2, 0) is 62.8 Å². The summed E-state index contributed by atoms with van der Waals surface area (Å²) in [5.41, 5.74) is 8.84. The number of methoxy groups -OCH3 is 1. The summed E-state index contributed by atoms with van der Waals surface area (Å²) >= 11 is 0. The molecule has 0 radical (unpaired) electrons. The van der Waals surface area contributed by atoms with Crippen molar-refractivity contribution in [1.82, 2.24) is 35.1 Å². The fraction of sp³-hybridized carbons (Fsp3) is 0.556. The molecule has 2 unspecified atom stereocenters. The van der Waals surface area contributed by atoms with Crippen LogP contribution in [0.3, 0.4) is 0 Å². The third-order valence-electron chi connectivity index (χ3n) is 15.0. The fourth-order valence-electron chi connectivity index (χ4n) is 11.0. The number of hydrazine groups is 1. The molecule has 4 aliphatic heterocycles. The minimum absolute atomic E-state index is 0.0497. The highest BCUT2D eigenvalue weighted by Crippen LogP contribution is 2.42. The van der Waals surface area contributed by atoms with Crippen LogP contribution in [0.2, 0.25) is 0 Å². The number of carbonyl (C=O) groups is 5. The number of nitrogens with zero attached hydrogens (tertiary/aromatic N) is 6. The van der Waals surface area contributed by atoms with E-state index in [2.05, 4.69) is 54.3 Å². The van der Waals surface area contributed by atoms with Crippen molar-refractivity contribution >= 4 is 56.2 Å². The van der Waals surface area contributed by atoms with Gasteiger partial charge in [0, 0.05) is 87.2 Å². The largest absolute Gasteiger partial charge is 0.464 e. The van der Waals surface area contributed by atoms with Gasteiger partial charge in [-0.05, 0) is 93.3 Å². The maximum absolute atomic E-state index is 14.9. The predicted molar refractivity (Wildman–Crippen MR) is 277 cm³/mol. The lowest BCUT2D eigenvalue weighted by Gasteiger charge is -2.39. The summed E-state index contributed by atoms with van der Waals surface area (Å²) in [4.78, 5) is 80.5. The Morgan fingerprint density at radius 1 is 1.00 bits per heavy atom. The molecule has 8 rings (SSSR count). The minimum Gasteiger partial charge on any atom is -0.464 e. The van der Waals surface area contributed by atoms with Crippen molar-refractivity contribution in [3.8, 4) is 11.3 Å². The number of fused-ring (bicyclic) bond motifs is 6. The van der Waals surface area contributed by atoms with Gasteiger partial charge in [0.25, 0.3) is 5.91 Å². The number of likely N-dealkylation sites (N-methyl/N-ethyl adjacent to an activating group) is 1. The maximum atomic E-state index is 14.9. The molecule has 0 saturated carbocycles. The summed E-state index contributed by atoms with van der Waals surface area (Å²) in [6, 6.07) is 16.1. The second-order valence-corrected chi connectivity index (χ2v) is 23.6. The van der Waals surface area contributed by atoms with Crippen LogP contribution in [0, 0.1) is 17.3 Å². The lowest BCUT2D eigenvalue weighted by molar-refractivity contribution is -0.155. The maximum Gasteiger partial charge on any atom is 0.410 e. The number of hydrogen-bond donors (Lipinski definition) is 2. The normalized spacial score (nSPS) is 23.1. The molecule has 2 N–H and O–H groups in total. The van der Waals surface area contributed by atoms with E-state index < -0.39 is 74.3 Å². The summed E-state index contributed by atoms with van der Waals surface area (Å²) < 4.78 is 48.2. The quantitative estimate of drug-likeness (QED) is 0.174. The monoisotopic (exact) mass is 1020 g/mol. The van der Waals surface area contributed by atoms with Crippen molar-refractivity contribution in [2.75, 3.05) is 64.1 Å². The first-order chi connectivity index (χ1) is 34.8. The van der Waals surface area contributed by atoms with Crippen molar-refractivity contribution < 1.29 is 46.6 Å². The van der Waals surface area contributed by atoms with Gasteiger partial charge in [-0.1, -0.05) is 58.0 Å². The number of hydrogen-bond acceptors (Lipinski definition) is 13. The molecule has 3 saturated heterocycles. The van der Waals surface area contributed by atoms with Crippen LogP contribution in [0.1, 0.15) is 90.2 Å². The van der Waals surface area contributed by atoms with Gasteiger partial charge < -0.3 is 38.8 Å². The first-order valence-electron chi connectivity index (χ1n) is 25.7. The Bertz CT molecular complexity index is 2800. The molecule has 3 fully saturated rings. The molecule has 18 nitrogen and oxygen atoms in total. The van der Waals surface area contributed by atoms with Gasteiger partial charge in [0.05, 0.1) is 41.0 Å². The van der Waals surface area contributed by atoms with Gasteiger partial charge in [-0.3, -0.25) is 29.2 Å². The number of cyclic esters (lactones) is 1. The number of likely N-dealkylation sites (tertiary alicyclic amines) is 1. The Kier molecular flexibility index (Phi) is 16.2. The molecule has 4 aliphatic rings. The Hall–Kier alpha value is -6.05. The van der Waals surface area contributed by atoms with Crippen molar-refractivity contribution in [2.24, 2.45) is 17.3 Å². The zero-order chi connectivity index (χ0) is 52.4. The smallest absolute Gasteiger partial charge is 0.410 e. The molecule has 4 aromatic rings. The Morgan fingerprint density at radius 2 is 1.77 bits per heavy atom. The molecular formula is C54H72N8O10S. The number of ether oxygens (including phenoxy) is 3. The number of nitrogens with one attached hydrogen (secondary N) is 2. The third-order valence-corrected chi connectivity index (χ3v) is 17.1. The standard InChI is InChI=1S/C54H72N8O10S/c1-9-61-45-20-19-38-27-41(45)42(48(61)40-17-13-22-55-46(40)35(4)70-8)29-54(5,6)33-72-52(66)43-18-14-23-62(57-43)51(65)44(28-39-31-59(38)25-26-73(39,68)69)56-49(63)47(34(2)3)58(7)50(64)37-21-24-60(30-37)53(67)71-32-36-15-11-10-12-16-36/h10-13,15-17,19-20,22,27,34-35,37,39,43-44,47,57H,9,14,18,21,23-26,28-33H2,1-8H3,(H,56,63)/t35-,37-,39?,43-,44?,47-/m0/s1. The van der Waals surface area contributed by atoms with Gasteiger partial charge >= 0.3 is 12.1 Å². The van der Waals surface area contributed by atoms with Crippen LogP contribution >= 0.6 is 0 Å². The third kappa shape index (κ3) is 11.5. The Balaban J connectivity index is 1.11. The molecule has 2 aromatic carbocycles. The molecule has 2 aromatic heterocycles. The topological polar surface area (TPSA) is 202 Å². The van der Waals surface area contributed by atoms with E-state index in [-0.39, 0.29) is 63.6 Å². The Morgan fingerprint density at radius 3 is 2.49 bits per heavy atom. The van der Waals surface area contributed by atoms with E-state index in [0.717, 1.165) is 44.7 Å². The SMILES string of the molecule is CCn1c(-c2cccnc2[C@H](C)OC)c2c3cc(ccc31)N1CCS(=O)(=O)C(CC(NC(=O)[C@H](C(C)C)N(C)C(=O)[C@H]3CCN(C(=O)OCc4ccccc4)C3)C(=O)N3CCC[C@H](N3)C(=O)OCC(C)(C)C2)C1. The highest BCUT2D eigenvalue weighted by molar-refractivity contribution is 7.92. The average molecular weight is 1030 g/mol. The van der Waals surface area contributed by atoms with Gasteiger partial charge in [-0.15, -0.1) is 0 Å². The van der Waals surface area contributed by atoms with Crippen LogP contribution in [0.5, 0.6) is 0 Å². The number of rotatable bonds is 11. The number of esters is 1. The Labute approximate surface area is 428 Å². The van der Waals surface area contributed by atoms with Crippen molar-refractivity contribution in [3.05, 3.63) is 83.7 Å². The second kappa shape index (κ2) is 22.2. The summed E-state index contributed by atoms with van der Waals surface area (Å²) in [6.45, 7) is 13.5. The van der Waals surface area contributed by atoms with E-state index in [0.29, 0.717) is 38.8 Å². The van der Waals surface area contributed by atoms with Crippen LogP contribution in [0.25, 0.3) is 22.2 Å². The summed E-state index contributed by atoms with van der Waals surface area (Å²) in [5, 5.41) is 4.11. The van der Waals surface area contributed by atoms with Crippen LogP contribution in [-0.4, -0.2) is 145 Å². The van der Waals surface area contributed by atoms with E-state index in [1.807, 2.05) is 54.3 Å². The number of anilines is 1. The lowest BCUT2D eigenvalue weighted by atomic mass is 9.84. The van der Waals surface area contributed by atoms with E-state index in [4.69, 9.17) is 19.2 Å². The van der Waals surface area contributed by atoms with Gasteiger partial charge in [-0.25, -0.2) is 18.6 Å². The van der Waals surface area contributed by atoms with Crippen molar-refractivity contribution in [2.45, 2.75) is 116 Å². The van der Waals surface area contributed by atoms with Crippen molar-refractivity contribution in [3.63, 3.8) is 0 Å². The molecule has 4 amide bonds. The molecule has 0 spiro atoms. The number of pyridine rings is 1. The van der Waals surface area contributed by atoms with E-state index in [9.17, 15) is 32.4 Å². The highest BCUT2D eigenvalue weighted by Gasteiger charge is 2.43. The van der Waals surface area contributed by atoms with E-state index >= 15 is 0 Å². The van der Waals surface area contributed by atoms with Crippen LogP contribution in [0.4, 0.5) is 10.5 Å². The molecule has 73 heavy (non-hydrogen) atoms. The average Bonchev–Trinajstić information content (AvgIpc) is 4.00. The number of amides is 4. The first-order valence-corrected chi connectivity index (χ1v) is 27.4. The lowest BCUT2D eigenvalue weighted by Crippen LogP contribution is -2.63. The number of aromatic nitrogens is 2. The second-order valence-electron chi connectivity index (χ2n) is 21.2. The molecular weight excluding hydrogens is 953 g/mol. The number of aryl methyl sites for hydroxylation is 1. The van der Waals surface area contributed by atoms with Crippen LogP contribution in [0.15, 0.2) is 66.9 Å².